The first kappa shape index (κ1) is 25.1. The molecule has 9 nitrogen and oxygen atoms in total. The molecular weight excluding hydrogens is 502 g/mol. The van der Waals surface area contributed by atoms with Gasteiger partial charge in [-0.3, -0.25) is 19.1 Å². The van der Waals surface area contributed by atoms with Crippen molar-refractivity contribution < 1.29 is 19.5 Å². The summed E-state index contributed by atoms with van der Waals surface area (Å²) >= 11 is 3.40. The molecule has 3 amide bonds. The number of halogens is 1. The van der Waals surface area contributed by atoms with E-state index in [4.69, 9.17) is 0 Å². The van der Waals surface area contributed by atoms with E-state index in [1.807, 2.05) is 6.92 Å². The van der Waals surface area contributed by atoms with Gasteiger partial charge in [-0.1, -0.05) is 28.9 Å². The Kier molecular flexibility index (Phi) is 8.53. The summed E-state index contributed by atoms with van der Waals surface area (Å²) < 4.78 is 1.37. The summed E-state index contributed by atoms with van der Waals surface area (Å²) in [5.41, 5.74) is 3.24. The van der Waals surface area contributed by atoms with Crippen molar-refractivity contribution in [2.75, 3.05) is 22.6 Å². The molecule has 0 radical (unpaired) electrons. The minimum atomic E-state index is -0.342. The number of aryl methyl sites for hydroxylation is 1. The monoisotopic (exact) mass is 529 g/mol. The molecule has 2 heterocycles. The zero-order valence-corrected chi connectivity index (χ0v) is 20.7. The minimum Gasteiger partial charge on any atom is -0.508 e. The van der Waals surface area contributed by atoms with Gasteiger partial charge in [-0.05, 0) is 48.2 Å². The van der Waals surface area contributed by atoms with Gasteiger partial charge in [0.2, 0.25) is 5.91 Å². The smallest absolute Gasteiger partial charge is 0.332 e. The number of amides is 3. The summed E-state index contributed by atoms with van der Waals surface area (Å²) in [5.74, 6) is -0.230. The first-order chi connectivity index (χ1) is 16.3. The van der Waals surface area contributed by atoms with Crippen LogP contribution < -0.4 is 15.5 Å². The van der Waals surface area contributed by atoms with E-state index in [1.54, 1.807) is 56.0 Å². The van der Waals surface area contributed by atoms with Crippen molar-refractivity contribution >= 4 is 45.2 Å². The summed E-state index contributed by atoms with van der Waals surface area (Å²) in [4.78, 5) is 41.5. The van der Waals surface area contributed by atoms with E-state index in [1.165, 1.54) is 9.47 Å². The molecule has 0 saturated carbocycles. The van der Waals surface area contributed by atoms with E-state index in [9.17, 15) is 19.5 Å². The van der Waals surface area contributed by atoms with Crippen LogP contribution in [0.2, 0.25) is 0 Å². The largest absolute Gasteiger partial charge is 0.508 e. The van der Waals surface area contributed by atoms with Crippen LogP contribution in [0.1, 0.15) is 41.4 Å². The molecule has 0 atom stereocenters. The topological polar surface area (TPSA) is 119 Å². The lowest BCUT2D eigenvalue weighted by molar-refractivity contribution is -0.116. The molecule has 0 spiro atoms. The molecule has 180 valence electrons. The van der Waals surface area contributed by atoms with Crippen molar-refractivity contribution in [1.29, 1.82) is 0 Å². The van der Waals surface area contributed by atoms with E-state index in [0.29, 0.717) is 30.0 Å². The fourth-order valence-electron chi connectivity index (χ4n) is 3.42. The van der Waals surface area contributed by atoms with Crippen LogP contribution in [-0.2, 0) is 17.8 Å². The number of alkyl halides is 1. The number of phenols is 1. The average molecular weight is 530 g/mol. The lowest BCUT2D eigenvalue weighted by Gasteiger charge is -2.15. The molecule has 4 N–H and O–H groups in total. The highest BCUT2D eigenvalue weighted by Crippen LogP contribution is 2.20. The lowest BCUT2D eigenvalue weighted by Crippen LogP contribution is -2.29. The summed E-state index contributed by atoms with van der Waals surface area (Å²) in [6, 6.07) is 7.98. The molecule has 0 unspecified atom stereocenters. The van der Waals surface area contributed by atoms with Crippen molar-refractivity contribution in [3.63, 3.8) is 0 Å². The molecular formula is C24H28BrN5O4. The molecule has 0 fully saturated rings. The van der Waals surface area contributed by atoms with Crippen LogP contribution in [0.3, 0.4) is 0 Å². The van der Waals surface area contributed by atoms with Crippen LogP contribution in [0, 0.1) is 0 Å². The van der Waals surface area contributed by atoms with Gasteiger partial charge in [-0.25, -0.2) is 4.79 Å². The molecule has 2 aromatic heterocycles. The molecule has 1 aromatic carbocycles. The van der Waals surface area contributed by atoms with Crippen LogP contribution in [-0.4, -0.2) is 44.9 Å². The Morgan fingerprint density at radius 3 is 2.71 bits per heavy atom. The fraction of sp³-hybridized carbons (Fsp3) is 0.292. The fourth-order valence-corrected chi connectivity index (χ4v) is 3.85. The van der Waals surface area contributed by atoms with Gasteiger partial charge >= 0.3 is 6.03 Å². The number of hydrogen-bond donors (Lipinski definition) is 4. The highest BCUT2D eigenvalue weighted by Gasteiger charge is 2.17. The number of aromatic hydroxyl groups is 1. The maximum atomic E-state index is 12.8. The number of nitrogens with zero attached hydrogens (tertiary/aromatic N) is 2. The summed E-state index contributed by atoms with van der Waals surface area (Å²) in [6.07, 6.45) is 6.58. The molecule has 0 aliphatic rings. The highest BCUT2D eigenvalue weighted by molar-refractivity contribution is 9.09. The lowest BCUT2D eigenvalue weighted by atomic mass is 10.0. The van der Waals surface area contributed by atoms with Crippen molar-refractivity contribution in [2.45, 2.75) is 32.7 Å². The van der Waals surface area contributed by atoms with Gasteiger partial charge in [0.25, 0.3) is 5.91 Å². The van der Waals surface area contributed by atoms with Gasteiger partial charge < -0.3 is 20.7 Å². The average Bonchev–Trinajstić information content (AvgIpc) is 3.48. The summed E-state index contributed by atoms with van der Waals surface area (Å²) in [7, 11) is 1.60. The molecule has 3 rings (SSSR count). The number of aromatic amines is 1. The summed E-state index contributed by atoms with van der Waals surface area (Å²) in [6.45, 7) is 2.23. The van der Waals surface area contributed by atoms with E-state index in [2.05, 4.69) is 31.5 Å². The number of anilines is 2. The second-order valence-electron chi connectivity index (χ2n) is 7.79. The zero-order chi connectivity index (χ0) is 24.7. The van der Waals surface area contributed by atoms with Crippen molar-refractivity contribution in [1.82, 2.24) is 14.9 Å². The number of benzene rings is 1. The Morgan fingerprint density at radius 2 is 1.97 bits per heavy atom. The molecule has 34 heavy (non-hydrogen) atoms. The third-order valence-corrected chi connectivity index (χ3v) is 5.65. The van der Waals surface area contributed by atoms with Gasteiger partial charge in [0.1, 0.15) is 11.4 Å². The quantitative estimate of drug-likeness (QED) is 0.310. The normalized spacial score (nSPS) is 10.7. The zero-order valence-electron chi connectivity index (χ0n) is 19.1. The first-order valence-electron chi connectivity index (χ1n) is 10.9. The van der Waals surface area contributed by atoms with Gasteiger partial charge in [0.05, 0.1) is 11.4 Å². The summed E-state index contributed by atoms with van der Waals surface area (Å²) in [5, 5.41) is 16.1. The van der Waals surface area contributed by atoms with Crippen molar-refractivity contribution in [3.8, 4) is 5.75 Å². The predicted molar refractivity (Wildman–Crippen MR) is 135 cm³/mol. The first-order valence-corrected chi connectivity index (χ1v) is 12.0. The maximum Gasteiger partial charge on any atom is 0.332 e. The maximum absolute atomic E-state index is 12.8. The van der Waals surface area contributed by atoms with Crippen LogP contribution >= 0.6 is 15.9 Å². The number of nitrogens with one attached hydrogen (secondary N) is 3. The Labute approximate surface area is 206 Å². The number of aromatic nitrogens is 2. The number of rotatable bonds is 9. The van der Waals surface area contributed by atoms with E-state index in [0.717, 1.165) is 29.3 Å². The van der Waals surface area contributed by atoms with E-state index < -0.39 is 0 Å². The van der Waals surface area contributed by atoms with Crippen LogP contribution in [0.5, 0.6) is 5.75 Å². The van der Waals surface area contributed by atoms with Gasteiger partial charge in [-0.2, -0.15) is 0 Å². The van der Waals surface area contributed by atoms with Crippen molar-refractivity contribution in [2.24, 2.45) is 0 Å². The van der Waals surface area contributed by atoms with Crippen molar-refractivity contribution in [3.05, 3.63) is 65.7 Å². The molecule has 0 aliphatic heterocycles. The van der Waals surface area contributed by atoms with Crippen LogP contribution in [0.4, 0.5) is 16.2 Å². The number of phenolic OH excluding ortho intramolecular Hbond substituents is 1. The molecule has 3 aromatic rings. The van der Waals surface area contributed by atoms with Gasteiger partial charge in [0.15, 0.2) is 0 Å². The second kappa shape index (κ2) is 11.6. The number of carbonyl (C=O) groups is 3. The minimum absolute atomic E-state index is 0.103. The number of carbonyl (C=O) groups excluding carboxylic acids is 3. The van der Waals surface area contributed by atoms with E-state index in [-0.39, 0.29) is 23.6 Å². The Hall–Kier alpha value is -3.53. The Morgan fingerprint density at radius 1 is 1.18 bits per heavy atom. The SMILES string of the molecule is CCCC(=O)Nc1ccn(C(=O)N(C)c2c[nH]c(C(=O)NCc3ccc(O)cc3CCBr)c2)c1. The number of H-pyrrole nitrogens is 1. The Bertz CT molecular complexity index is 1170. The Balaban J connectivity index is 1.62. The second-order valence-corrected chi connectivity index (χ2v) is 8.59. The van der Waals surface area contributed by atoms with E-state index >= 15 is 0 Å². The molecule has 0 saturated heterocycles. The third kappa shape index (κ3) is 6.28. The number of hydrogen-bond acceptors (Lipinski definition) is 4. The highest BCUT2D eigenvalue weighted by atomic mass is 79.9. The predicted octanol–water partition coefficient (Wildman–Crippen LogP) is 4.23. The van der Waals surface area contributed by atoms with Gasteiger partial charge in [-0.15, -0.1) is 0 Å². The van der Waals surface area contributed by atoms with Crippen LogP contribution in [0.25, 0.3) is 0 Å². The standard InChI is InChI=1S/C24H28BrN5O4/c1-3-4-22(32)28-18-8-10-30(15-18)24(34)29(2)19-12-21(26-14-19)23(33)27-13-17-5-6-20(31)11-16(17)7-9-25/h5-6,8,10-12,14-15,26,31H,3-4,7,9,13H2,1-2H3,(H,27,33)(H,28,32). The van der Waals surface area contributed by atoms with Crippen LogP contribution in [0.15, 0.2) is 48.9 Å². The third-order valence-electron chi connectivity index (χ3n) is 5.25. The molecule has 0 aliphatic carbocycles. The van der Waals surface area contributed by atoms with Gasteiger partial charge in [0, 0.05) is 43.9 Å². The molecule has 0 bridgehead atoms. The molecule has 10 heteroatoms.